The molecule has 0 saturated carbocycles. The highest BCUT2D eigenvalue weighted by Gasteiger charge is 2.30. The number of carbonyl (C=O) groups is 2. The molecule has 0 radical (unpaired) electrons. The first-order valence-electron chi connectivity index (χ1n) is 15.2. The predicted octanol–water partition coefficient (Wildman–Crippen LogP) is 4.44. The summed E-state index contributed by atoms with van der Waals surface area (Å²) in [5, 5.41) is 10.8. The molecule has 2 fully saturated rings. The molecule has 3 aromatic rings. The number of nitrogens with zero attached hydrogens (tertiary/aromatic N) is 5. The lowest BCUT2D eigenvalue weighted by molar-refractivity contribution is -0.140. The minimum Gasteiger partial charge on any atom is -0.384 e. The molecular weight excluding hydrogens is 533 g/mol. The maximum atomic E-state index is 14.4. The summed E-state index contributed by atoms with van der Waals surface area (Å²) < 4.78 is 16.4. The van der Waals surface area contributed by atoms with Gasteiger partial charge >= 0.3 is 0 Å². The highest BCUT2D eigenvalue weighted by molar-refractivity contribution is 5.99. The van der Waals surface area contributed by atoms with E-state index < -0.39 is 11.9 Å². The molecule has 42 heavy (non-hydrogen) atoms. The topological polar surface area (TPSA) is 81.9 Å². The molecule has 4 heterocycles. The van der Waals surface area contributed by atoms with E-state index in [-0.39, 0.29) is 17.9 Å². The molecule has 5 rings (SSSR count). The molecular formula is C33H44FN5O3. The summed E-state index contributed by atoms with van der Waals surface area (Å²) in [6, 6.07) is 4.43. The number of hydrogen-bond donors (Lipinski definition) is 1. The van der Waals surface area contributed by atoms with Gasteiger partial charge in [0.05, 0.1) is 23.0 Å². The Kier molecular flexibility index (Phi) is 8.99. The van der Waals surface area contributed by atoms with Crippen LogP contribution in [0.3, 0.4) is 0 Å². The number of amides is 2. The second-order valence-electron chi connectivity index (χ2n) is 12.6. The summed E-state index contributed by atoms with van der Waals surface area (Å²) >= 11 is 0. The number of fused-ring (bicyclic) bond motifs is 1. The van der Waals surface area contributed by atoms with Gasteiger partial charge in [0, 0.05) is 57.0 Å². The van der Waals surface area contributed by atoms with E-state index >= 15 is 0 Å². The number of carbonyl (C=O) groups excluding carboxylic acids is 2. The van der Waals surface area contributed by atoms with Crippen molar-refractivity contribution >= 4 is 22.7 Å². The third-order valence-corrected chi connectivity index (χ3v) is 9.20. The number of likely N-dealkylation sites (tertiary alicyclic amines) is 2. The summed E-state index contributed by atoms with van der Waals surface area (Å²) in [5.41, 5.74) is 4.23. The number of piperidine rings is 1. The molecule has 1 N–H and O–H groups in total. The number of benzene rings is 1. The number of aromatic nitrogens is 2. The lowest BCUT2D eigenvalue weighted by Gasteiger charge is -2.34. The molecule has 0 aliphatic carbocycles. The Bertz CT molecular complexity index is 1440. The summed E-state index contributed by atoms with van der Waals surface area (Å²) in [6.45, 7) is 12.1. The van der Waals surface area contributed by atoms with Crippen LogP contribution in [0.4, 0.5) is 4.39 Å². The molecule has 226 valence electrons. The van der Waals surface area contributed by atoms with E-state index in [4.69, 9.17) is 0 Å². The first kappa shape index (κ1) is 30.2. The molecule has 2 aliphatic rings. The Morgan fingerprint density at radius 1 is 1.10 bits per heavy atom. The molecule has 1 aromatic carbocycles. The average molecular weight is 578 g/mol. The number of aryl methyl sites for hydroxylation is 1. The fraction of sp³-hybridized carbons (Fsp3) is 0.545. The third kappa shape index (κ3) is 6.22. The van der Waals surface area contributed by atoms with E-state index in [1.54, 1.807) is 22.9 Å². The van der Waals surface area contributed by atoms with Gasteiger partial charge in [-0.3, -0.25) is 14.6 Å². The molecule has 0 bridgehead atoms. The number of hydrogen-bond acceptors (Lipinski definition) is 5. The van der Waals surface area contributed by atoms with Crippen molar-refractivity contribution in [2.24, 2.45) is 11.8 Å². The van der Waals surface area contributed by atoms with Crippen LogP contribution in [0.15, 0.2) is 36.8 Å². The Hall–Kier alpha value is -3.30. The molecule has 2 aromatic heterocycles. The first-order chi connectivity index (χ1) is 20.0. The van der Waals surface area contributed by atoms with E-state index in [0.717, 1.165) is 74.9 Å². The summed E-state index contributed by atoms with van der Waals surface area (Å²) in [5.74, 6) is 0.265. The van der Waals surface area contributed by atoms with Crippen molar-refractivity contribution in [3.63, 3.8) is 0 Å². The van der Waals surface area contributed by atoms with Crippen LogP contribution < -0.4 is 0 Å². The number of pyridine rings is 1. The normalized spacial score (nSPS) is 19.1. The van der Waals surface area contributed by atoms with Gasteiger partial charge < -0.3 is 24.4 Å². The smallest absolute Gasteiger partial charge is 0.256 e. The van der Waals surface area contributed by atoms with Gasteiger partial charge in [0.15, 0.2) is 0 Å². The molecule has 2 amide bonds. The quantitative estimate of drug-likeness (QED) is 0.428. The lowest BCUT2D eigenvalue weighted by Crippen LogP contribution is -2.44. The average Bonchev–Trinajstić information content (AvgIpc) is 3.57. The zero-order valence-electron chi connectivity index (χ0n) is 25.5. The van der Waals surface area contributed by atoms with Crippen molar-refractivity contribution in [2.45, 2.75) is 65.5 Å². The number of aliphatic hydroxyl groups is 1. The van der Waals surface area contributed by atoms with Crippen LogP contribution in [0.5, 0.6) is 0 Å². The van der Waals surface area contributed by atoms with Gasteiger partial charge in [0.25, 0.3) is 11.8 Å². The monoisotopic (exact) mass is 577 g/mol. The highest BCUT2D eigenvalue weighted by Crippen LogP contribution is 2.33. The van der Waals surface area contributed by atoms with Gasteiger partial charge in [0.1, 0.15) is 11.9 Å². The molecule has 9 heteroatoms. The van der Waals surface area contributed by atoms with Crippen LogP contribution in [-0.4, -0.2) is 93.1 Å². The van der Waals surface area contributed by atoms with E-state index in [1.807, 2.05) is 30.8 Å². The van der Waals surface area contributed by atoms with E-state index in [1.165, 1.54) is 24.6 Å². The zero-order chi connectivity index (χ0) is 30.1. The minimum atomic E-state index is -0.928. The fourth-order valence-corrected chi connectivity index (χ4v) is 6.63. The van der Waals surface area contributed by atoms with Gasteiger partial charge in [-0.05, 0) is 101 Å². The van der Waals surface area contributed by atoms with Gasteiger partial charge in [-0.25, -0.2) is 4.39 Å². The zero-order valence-corrected chi connectivity index (χ0v) is 25.5. The molecule has 2 aliphatic heterocycles. The molecule has 8 nitrogen and oxygen atoms in total. The Morgan fingerprint density at radius 2 is 1.81 bits per heavy atom. The SMILES string of the molecule is Cc1cncc2c1c(C[C@H]1CCN(CC3CCN(C(=O)[C@H](C)O)CC3)C1)cn2-c1ccc(F)cc1C(=O)N(C)C(C)C. The second kappa shape index (κ2) is 12.5. The lowest BCUT2D eigenvalue weighted by atomic mass is 9.95. The van der Waals surface area contributed by atoms with Crippen LogP contribution in [0.2, 0.25) is 0 Å². The van der Waals surface area contributed by atoms with Gasteiger partial charge in [-0.15, -0.1) is 0 Å². The molecule has 0 spiro atoms. The second-order valence-corrected chi connectivity index (χ2v) is 12.6. The van der Waals surface area contributed by atoms with Crippen LogP contribution in [-0.2, 0) is 11.2 Å². The van der Waals surface area contributed by atoms with Crippen molar-refractivity contribution in [1.29, 1.82) is 0 Å². The van der Waals surface area contributed by atoms with Crippen LogP contribution in [0.1, 0.15) is 61.5 Å². The standard InChI is InChI=1S/C33H44FN5O3/c1-21(2)36(5)33(42)28-15-27(34)6-7-29(28)39-20-26(31-22(3)16-35-17-30(31)39)14-25-8-11-37(19-25)18-24-9-12-38(13-10-24)32(41)23(4)40/h6-7,15-17,20-21,23-25,40H,8-14,18-19H2,1-5H3/t23-,25+/m0/s1. The fourth-order valence-electron chi connectivity index (χ4n) is 6.63. The molecule has 0 unspecified atom stereocenters. The Morgan fingerprint density at radius 3 is 2.50 bits per heavy atom. The van der Waals surface area contributed by atoms with E-state index in [2.05, 4.69) is 23.0 Å². The van der Waals surface area contributed by atoms with Gasteiger partial charge in [0.2, 0.25) is 0 Å². The van der Waals surface area contributed by atoms with Gasteiger partial charge in [-0.2, -0.15) is 0 Å². The minimum absolute atomic E-state index is 0.0147. The summed E-state index contributed by atoms with van der Waals surface area (Å²) in [6.07, 6.45) is 8.91. The van der Waals surface area contributed by atoms with Crippen molar-refractivity contribution < 1.29 is 19.1 Å². The van der Waals surface area contributed by atoms with Crippen molar-refractivity contribution in [3.8, 4) is 5.69 Å². The third-order valence-electron chi connectivity index (χ3n) is 9.20. The van der Waals surface area contributed by atoms with Crippen LogP contribution in [0, 0.1) is 24.6 Å². The Balaban J connectivity index is 1.33. The largest absolute Gasteiger partial charge is 0.384 e. The van der Waals surface area contributed by atoms with Crippen molar-refractivity contribution in [3.05, 3.63) is 59.3 Å². The summed E-state index contributed by atoms with van der Waals surface area (Å²) in [7, 11) is 1.75. The molecule has 2 saturated heterocycles. The Labute approximate surface area is 248 Å². The van der Waals surface area contributed by atoms with Crippen LogP contribution in [0.25, 0.3) is 16.6 Å². The van der Waals surface area contributed by atoms with Crippen molar-refractivity contribution in [1.82, 2.24) is 24.3 Å². The van der Waals surface area contributed by atoms with E-state index in [9.17, 15) is 19.1 Å². The molecule has 2 atom stereocenters. The highest BCUT2D eigenvalue weighted by atomic mass is 19.1. The van der Waals surface area contributed by atoms with Crippen molar-refractivity contribution in [2.75, 3.05) is 39.8 Å². The first-order valence-corrected chi connectivity index (χ1v) is 15.2. The number of halogens is 1. The van der Waals surface area contributed by atoms with Gasteiger partial charge in [-0.1, -0.05) is 0 Å². The maximum absolute atomic E-state index is 14.4. The number of aliphatic hydroxyl groups excluding tert-OH is 1. The maximum Gasteiger partial charge on any atom is 0.256 e. The number of rotatable bonds is 8. The van der Waals surface area contributed by atoms with E-state index in [0.29, 0.717) is 23.1 Å². The van der Waals surface area contributed by atoms with Crippen LogP contribution >= 0.6 is 0 Å². The summed E-state index contributed by atoms with van der Waals surface area (Å²) in [4.78, 5) is 36.0. The predicted molar refractivity (Wildman–Crippen MR) is 162 cm³/mol.